The van der Waals surface area contributed by atoms with Gasteiger partial charge in [0.1, 0.15) is 5.69 Å². The number of halogens is 1. The van der Waals surface area contributed by atoms with Crippen LogP contribution >= 0.6 is 0 Å². The lowest BCUT2D eigenvalue weighted by atomic mass is 9.93. The highest BCUT2D eigenvalue weighted by Gasteiger charge is 2.22. The quantitative estimate of drug-likeness (QED) is 0.560. The lowest BCUT2D eigenvalue weighted by Crippen LogP contribution is -2.14. The van der Waals surface area contributed by atoms with Gasteiger partial charge in [-0.1, -0.05) is 20.8 Å². The molecule has 0 saturated heterocycles. The van der Waals surface area contributed by atoms with Gasteiger partial charge in [0.25, 0.3) is 0 Å². The molecule has 0 spiro atoms. The van der Waals surface area contributed by atoms with E-state index in [-0.39, 0.29) is 11.4 Å². The molecule has 0 aliphatic carbocycles. The van der Waals surface area contributed by atoms with Gasteiger partial charge in [0.15, 0.2) is 0 Å². The Bertz CT molecular complexity index is 258. The van der Waals surface area contributed by atoms with Crippen LogP contribution in [0.5, 0.6) is 0 Å². The van der Waals surface area contributed by atoms with Gasteiger partial charge in [-0.2, -0.15) is 4.39 Å². The summed E-state index contributed by atoms with van der Waals surface area (Å²) < 4.78 is 14.5. The zero-order valence-corrected chi connectivity index (χ0v) is 7.35. The molecule has 1 aromatic heterocycles. The molecule has 1 rings (SSSR count). The van der Waals surface area contributed by atoms with Crippen LogP contribution in [0.25, 0.3) is 0 Å². The molecule has 1 aromatic rings. The molecule has 1 heterocycles. The van der Waals surface area contributed by atoms with E-state index in [2.05, 4.69) is 4.98 Å². The summed E-state index contributed by atoms with van der Waals surface area (Å²) >= 11 is 0. The van der Waals surface area contributed by atoms with E-state index in [1.54, 1.807) is 7.05 Å². The molecule has 0 unspecified atom stereocenters. The van der Waals surface area contributed by atoms with Crippen molar-refractivity contribution in [1.29, 1.82) is 0 Å². The molecule has 0 atom stereocenters. The molecule has 0 fully saturated rings. The van der Waals surface area contributed by atoms with Crippen LogP contribution in [0.2, 0.25) is 0 Å². The van der Waals surface area contributed by atoms with Crippen LogP contribution in [0.4, 0.5) is 4.39 Å². The number of hydrogen-bond donors (Lipinski definition) is 0. The summed E-state index contributed by atoms with van der Waals surface area (Å²) in [5.74, 6) is -0.238. The van der Waals surface area contributed by atoms with Crippen molar-refractivity contribution in [3.05, 3.63) is 18.0 Å². The Morgan fingerprint density at radius 1 is 1.45 bits per heavy atom. The molecule has 3 heteroatoms. The predicted octanol–water partition coefficient (Wildman–Crippen LogP) is 1.86. The zero-order chi connectivity index (χ0) is 8.65. The molecule has 0 bridgehead atoms. The highest BCUT2D eigenvalue weighted by Crippen LogP contribution is 2.22. The number of nitrogens with zero attached hydrogens (tertiary/aromatic N) is 2. The van der Waals surface area contributed by atoms with Crippen LogP contribution in [-0.2, 0) is 12.5 Å². The molecule has 0 saturated carbocycles. The zero-order valence-electron chi connectivity index (χ0n) is 7.35. The van der Waals surface area contributed by atoms with Gasteiger partial charge in [-0.15, -0.1) is 0 Å². The van der Waals surface area contributed by atoms with Gasteiger partial charge in [-0.3, -0.25) is 0 Å². The van der Waals surface area contributed by atoms with Gasteiger partial charge in [0, 0.05) is 12.5 Å². The van der Waals surface area contributed by atoms with Crippen molar-refractivity contribution in [1.82, 2.24) is 9.55 Å². The Hall–Kier alpha value is -0.860. The van der Waals surface area contributed by atoms with Crippen LogP contribution in [0.3, 0.4) is 0 Å². The highest BCUT2D eigenvalue weighted by molar-refractivity contribution is 5.10. The summed E-state index contributed by atoms with van der Waals surface area (Å²) in [7, 11) is 1.65. The second-order valence-corrected chi connectivity index (χ2v) is 3.74. The first-order valence-corrected chi connectivity index (χ1v) is 3.60. The Morgan fingerprint density at radius 2 is 2.00 bits per heavy atom. The van der Waals surface area contributed by atoms with Crippen molar-refractivity contribution < 1.29 is 4.39 Å². The summed E-state index contributed by atoms with van der Waals surface area (Å²) in [4.78, 5) is 3.97. The molecule has 0 aromatic carbocycles. The maximum absolute atomic E-state index is 13.2. The molecule has 0 aliphatic rings. The van der Waals surface area contributed by atoms with Gasteiger partial charge in [0.05, 0.1) is 6.33 Å². The van der Waals surface area contributed by atoms with Gasteiger partial charge in [-0.05, 0) is 0 Å². The molecular weight excluding hydrogens is 143 g/mol. The number of aromatic nitrogens is 2. The molecule has 62 valence electrons. The first-order valence-electron chi connectivity index (χ1n) is 3.60. The Labute approximate surface area is 66.1 Å². The first-order chi connectivity index (χ1) is 4.93. The van der Waals surface area contributed by atoms with E-state index in [0.29, 0.717) is 5.69 Å². The lowest BCUT2D eigenvalue weighted by Gasteiger charge is -2.14. The summed E-state index contributed by atoms with van der Waals surface area (Å²) in [6.07, 6.45) is 1.50. The fraction of sp³-hybridized carbons (Fsp3) is 0.625. The maximum Gasteiger partial charge on any atom is 0.216 e. The lowest BCUT2D eigenvalue weighted by molar-refractivity contribution is 0.473. The summed E-state index contributed by atoms with van der Waals surface area (Å²) in [5, 5.41) is 0. The standard InChI is InChI=1S/C8H13FN2/c1-8(2,3)6-7(9)11(4)5-10-6/h5H,1-4H3. The predicted molar refractivity (Wildman–Crippen MR) is 41.9 cm³/mol. The second kappa shape index (κ2) is 2.32. The summed E-state index contributed by atoms with van der Waals surface area (Å²) in [6, 6.07) is 0. The van der Waals surface area contributed by atoms with Crippen LogP contribution < -0.4 is 0 Å². The number of imidazole rings is 1. The van der Waals surface area contributed by atoms with Crippen molar-refractivity contribution in [2.45, 2.75) is 26.2 Å². The molecule has 0 N–H and O–H groups in total. The van der Waals surface area contributed by atoms with Crippen LogP contribution in [0, 0.1) is 5.95 Å². The number of hydrogen-bond acceptors (Lipinski definition) is 1. The highest BCUT2D eigenvalue weighted by atomic mass is 19.1. The molecule has 0 aliphatic heterocycles. The normalized spacial score (nSPS) is 12.1. The average molecular weight is 156 g/mol. The fourth-order valence-electron chi connectivity index (χ4n) is 0.918. The van der Waals surface area contributed by atoms with E-state index in [9.17, 15) is 4.39 Å². The van der Waals surface area contributed by atoms with Crippen molar-refractivity contribution in [2.24, 2.45) is 7.05 Å². The minimum Gasteiger partial charge on any atom is -0.310 e. The largest absolute Gasteiger partial charge is 0.310 e. The van der Waals surface area contributed by atoms with E-state index in [1.165, 1.54) is 10.9 Å². The third kappa shape index (κ3) is 1.42. The molecule has 2 nitrogen and oxygen atoms in total. The van der Waals surface area contributed by atoms with E-state index < -0.39 is 0 Å². The third-order valence-corrected chi connectivity index (χ3v) is 1.58. The summed E-state index contributed by atoms with van der Waals surface area (Å²) in [5.41, 5.74) is 0.325. The van der Waals surface area contributed by atoms with Gasteiger partial charge in [-0.25, -0.2) is 4.98 Å². The topological polar surface area (TPSA) is 17.8 Å². The van der Waals surface area contributed by atoms with Crippen molar-refractivity contribution >= 4 is 0 Å². The van der Waals surface area contributed by atoms with Crippen LogP contribution in [0.1, 0.15) is 26.5 Å². The summed E-state index contributed by atoms with van der Waals surface area (Å²) in [6.45, 7) is 5.83. The maximum atomic E-state index is 13.2. The Kier molecular flexibility index (Phi) is 1.74. The van der Waals surface area contributed by atoms with Gasteiger partial charge in [0.2, 0.25) is 5.95 Å². The SMILES string of the molecule is Cn1cnc(C(C)(C)C)c1F. The molecule has 0 amide bonds. The monoisotopic (exact) mass is 156 g/mol. The van der Waals surface area contributed by atoms with Gasteiger partial charge >= 0.3 is 0 Å². The third-order valence-electron chi connectivity index (χ3n) is 1.58. The second-order valence-electron chi connectivity index (χ2n) is 3.74. The minimum absolute atomic E-state index is 0.203. The first kappa shape index (κ1) is 8.24. The fourth-order valence-corrected chi connectivity index (χ4v) is 0.918. The van der Waals surface area contributed by atoms with E-state index in [4.69, 9.17) is 0 Å². The van der Waals surface area contributed by atoms with E-state index >= 15 is 0 Å². The number of rotatable bonds is 0. The Balaban J connectivity index is 3.15. The van der Waals surface area contributed by atoms with Crippen molar-refractivity contribution in [3.8, 4) is 0 Å². The molecular formula is C8H13FN2. The Morgan fingerprint density at radius 3 is 2.18 bits per heavy atom. The smallest absolute Gasteiger partial charge is 0.216 e. The molecule has 11 heavy (non-hydrogen) atoms. The van der Waals surface area contributed by atoms with E-state index in [1.807, 2.05) is 20.8 Å². The average Bonchev–Trinajstić information content (AvgIpc) is 2.11. The van der Waals surface area contributed by atoms with Gasteiger partial charge < -0.3 is 4.57 Å². The molecule has 0 radical (unpaired) electrons. The van der Waals surface area contributed by atoms with Crippen LogP contribution in [0.15, 0.2) is 6.33 Å². The van der Waals surface area contributed by atoms with Crippen molar-refractivity contribution in [3.63, 3.8) is 0 Å². The van der Waals surface area contributed by atoms with Crippen LogP contribution in [-0.4, -0.2) is 9.55 Å². The van der Waals surface area contributed by atoms with Crippen molar-refractivity contribution in [2.75, 3.05) is 0 Å². The number of aryl methyl sites for hydroxylation is 1. The minimum atomic E-state index is -0.238. The van der Waals surface area contributed by atoms with E-state index in [0.717, 1.165) is 0 Å².